The van der Waals surface area contributed by atoms with Crippen LogP contribution in [0.5, 0.6) is 17.2 Å². The zero-order chi connectivity index (χ0) is 13.0. The summed E-state index contributed by atoms with van der Waals surface area (Å²) >= 11 is 0. The first-order chi connectivity index (χ1) is 8.69. The van der Waals surface area contributed by atoms with Gasteiger partial charge in [0.15, 0.2) is 0 Å². The van der Waals surface area contributed by atoms with Crippen LogP contribution in [0, 0.1) is 0 Å². The molecule has 0 aliphatic carbocycles. The van der Waals surface area contributed by atoms with Crippen LogP contribution in [-0.4, -0.2) is 12.2 Å². The minimum Gasteiger partial charge on any atom is -0.508 e. The van der Waals surface area contributed by atoms with Gasteiger partial charge in [0.05, 0.1) is 12.8 Å². The van der Waals surface area contributed by atoms with Crippen LogP contribution in [0.25, 0.3) is 0 Å². The van der Waals surface area contributed by atoms with Crippen LogP contribution in [0.2, 0.25) is 0 Å². The maximum absolute atomic E-state index is 9.34. The topological polar surface area (TPSA) is 64.7 Å². The average Bonchev–Trinajstić information content (AvgIpc) is 2.37. The molecule has 0 amide bonds. The fraction of sp³-hybridized carbons (Fsp3) is 0.143. The normalized spacial score (nSPS) is 10.1. The zero-order valence-electron chi connectivity index (χ0n) is 10.1. The molecule has 0 saturated carbocycles. The van der Waals surface area contributed by atoms with Crippen molar-refractivity contribution in [3.8, 4) is 17.2 Å². The van der Waals surface area contributed by atoms with E-state index >= 15 is 0 Å². The minimum absolute atomic E-state index is 0.221. The van der Waals surface area contributed by atoms with Crippen molar-refractivity contribution >= 4 is 5.69 Å². The van der Waals surface area contributed by atoms with E-state index in [0.717, 1.165) is 5.56 Å². The Kier molecular flexibility index (Phi) is 3.57. The molecule has 0 unspecified atom stereocenters. The SMILES string of the molecule is COc1ccc(OCc2cccc(O)c2)c(N)c1. The van der Waals surface area contributed by atoms with Crippen LogP contribution in [0.3, 0.4) is 0 Å². The number of methoxy groups -OCH3 is 1. The minimum atomic E-state index is 0.221. The molecule has 18 heavy (non-hydrogen) atoms. The molecule has 0 spiro atoms. The van der Waals surface area contributed by atoms with E-state index in [2.05, 4.69) is 0 Å². The van der Waals surface area contributed by atoms with E-state index in [1.54, 1.807) is 43.5 Å². The number of ether oxygens (including phenoxy) is 2. The predicted octanol–water partition coefficient (Wildman–Crippen LogP) is 2.56. The van der Waals surface area contributed by atoms with Gasteiger partial charge in [0.25, 0.3) is 0 Å². The van der Waals surface area contributed by atoms with Crippen molar-refractivity contribution in [3.05, 3.63) is 48.0 Å². The summed E-state index contributed by atoms with van der Waals surface area (Å²) < 4.78 is 10.6. The second kappa shape index (κ2) is 5.31. The van der Waals surface area contributed by atoms with Crippen molar-refractivity contribution in [2.75, 3.05) is 12.8 Å². The molecule has 0 saturated heterocycles. The maximum atomic E-state index is 9.34. The van der Waals surface area contributed by atoms with Crippen LogP contribution in [0.4, 0.5) is 5.69 Å². The number of hydrogen-bond donors (Lipinski definition) is 2. The molecular weight excluding hydrogens is 230 g/mol. The number of phenols is 1. The van der Waals surface area contributed by atoms with Crippen LogP contribution in [-0.2, 0) is 6.61 Å². The third-order valence-electron chi connectivity index (χ3n) is 2.52. The summed E-state index contributed by atoms with van der Waals surface area (Å²) in [7, 11) is 1.59. The number of hydrogen-bond acceptors (Lipinski definition) is 4. The molecular formula is C14H15NO3. The van der Waals surface area contributed by atoms with Crippen molar-refractivity contribution in [3.63, 3.8) is 0 Å². The van der Waals surface area contributed by atoms with Gasteiger partial charge in [-0.1, -0.05) is 12.1 Å². The van der Waals surface area contributed by atoms with Crippen LogP contribution < -0.4 is 15.2 Å². The lowest BCUT2D eigenvalue weighted by molar-refractivity contribution is 0.306. The number of benzene rings is 2. The van der Waals surface area contributed by atoms with Gasteiger partial charge >= 0.3 is 0 Å². The molecule has 2 rings (SSSR count). The quantitative estimate of drug-likeness (QED) is 0.812. The largest absolute Gasteiger partial charge is 0.508 e. The van der Waals surface area contributed by atoms with Crippen LogP contribution in [0.15, 0.2) is 42.5 Å². The Labute approximate surface area is 106 Å². The molecule has 0 atom stereocenters. The van der Waals surface area contributed by atoms with Crippen molar-refractivity contribution in [2.24, 2.45) is 0 Å². The first-order valence-electron chi connectivity index (χ1n) is 5.53. The second-order valence-corrected chi connectivity index (χ2v) is 3.86. The molecule has 0 heterocycles. The van der Waals surface area contributed by atoms with E-state index in [1.807, 2.05) is 6.07 Å². The predicted molar refractivity (Wildman–Crippen MR) is 69.8 cm³/mol. The highest BCUT2D eigenvalue weighted by atomic mass is 16.5. The third-order valence-corrected chi connectivity index (χ3v) is 2.52. The molecule has 0 bridgehead atoms. The van der Waals surface area contributed by atoms with Gasteiger partial charge in [0.2, 0.25) is 0 Å². The van der Waals surface area contributed by atoms with E-state index in [9.17, 15) is 5.11 Å². The van der Waals surface area contributed by atoms with E-state index in [1.165, 1.54) is 0 Å². The molecule has 4 heteroatoms. The van der Waals surface area contributed by atoms with E-state index in [-0.39, 0.29) is 5.75 Å². The molecule has 0 aromatic heterocycles. The van der Waals surface area contributed by atoms with Gasteiger partial charge in [0.1, 0.15) is 23.9 Å². The maximum Gasteiger partial charge on any atom is 0.142 e. The highest BCUT2D eigenvalue weighted by molar-refractivity contribution is 5.56. The van der Waals surface area contributed by atoms with Crippen molar-refractivity contribution < 1.29 is 14.6 Å². The summed E-state index contributed by atoms with van der Waals surface area (Å²) in [5.74, 6) is 1.51. The average molecular weight is 245 g/mol. The molecule has 94 valence electrons. The fourth-order valence-electron chi connectivity index (χ4n) is 1.59. The smallest absolute Gasteiger partial charge is 0.142 e. The molecule has 0 radical (unpaired) electrons. The van der Waals surface area contributed by atoms with Crippen LogP contribution >= 0.6 is 0 Å². The lowest BCUT2D eigenvalue weighted by Gasteiger charge is -2.10. The second-order valence-electron chi connectivity index (χ2n) is 3.86. The summed E-state index contributed by atoms with van der Waals surface area (Å²) in [5.41, 5.74) is 7.24. The van der Waals surface area contributed by atoms with Gasteiger partial charge in [-0.3, -0.25) is 0 Å². The van der Waals surface area contributed by atoms with E-state index < -0.39 is 0 Å². The number of aromatic hydroxyl groups is 1. The molecule has 0 aliphatic rings. The van der Waals surface area contributed by atoms with Crippen LogP contribution in [0.1, 0.15) is 5.56 Å². The highest BCUT2D eigenvalue weighted by Gasteiger charge is 2.03. The van der Waals surface area contributed by atoms with Crippen molar-refractivity contribution in [2.45, 2.75) is 6.61 Å². The van der Waals surface area contributed by atoms with Gasteiger partial charge in [0, 0.05) is 6.07 Å². The summed E-state index contributed by atoms with van der Waals surface area (Å²) in [5, 5.41) is 9.34. The van der Waals surface area contributed by atoms with Gasteiger partial charge < -0.3 is 20.3 Å². The van der Waals surface area contributed by atoms with Crippen molar-refractivity contribution in [1.29, 1.82) is 0 Å². The van der Waals surface area contributed by atoms with Gasteiger partial charge in [-0.2, -0.15) is 0 Å². The summed E-state index contributed by atoms with van der Waals surface area (Å²) in [6.45, 7) is 0.352. The molecule has 2 aromatic carbocycles. The Morgan fingerprint density at radius 2 is 2.00 bits per heavy atom. The fourth-order valence-corrected chi connectivity index (χ4v) is 1.59. The van der Waals surface area contributed by atoms with Gasteiger partial charge in [-0.25, -0.2) is 0 Å². The number of nitrogens with two attached hydrogens (primary N) is 1. The monoisotopic (exact) mass is 245 g/mol. The number of rotatable bonds is 4. The Balaban J connectivity index is 2.06. The number of nitrogen functional groups attached to an aromatic ring is 1. The molecule has 2 aromatic rings. The first kappa shape index (κ1) is 12.1. The summed E-state index contributed by atoms with van der Waals surface area (Å²) in [4.78, 5) is 0. The Morgan fingerprint density at radius 3 is 2.67 bits per heavy atom. The van der Waals surface area contributed by atoms with Gasteiger partial charge in [-0.05, 0) is 29.8 Å². The standard InChI is InChI=1S/C14H15NO3/c1-17-12-5-6-14(13(15)8-12)18-9-10-3-2-4-11(16)7-10/h2-8,16H,9,15H2,1H3. The highest BCUT2D eigenvalue weighted by Crippen LogP contribution is 2.27. The number of anilines is 1. The lowest BCUT2D eigenvalue weighted by Crippen LogP contribution is -1.99. The molecule has 3 N–H and O–H groups in total. The Bertz CT molecular complexity index is 540. The van der Waals surface area contributed by atoms with E-state index in [0.29, 0.717) is 23.8 Å². The lowest BCUT2D eigenvalue weighted by atomic mass is 10.2. The summed E-state index contributed by atoms with van der Waals surface area (Å²) in [6, 6.07) is 12.2. The first-order valence-corrected chi connectivity index (χ1v) is 5.53. The van der Waals surface area contributed by atoms with E-state index in [4.69, 9.17) is 15.2 Å². The Morgan fingerprint density at radius 1 is 1.17 bits per heavy atom. The third kappa shape index (κ3) is 2.85. The summed E-state index contributed by atoms with van der Waals surface area (Å²) in [6.07, 6.45) is 0. The molecule has 0 aliphatic heterocycles. The van der Waals surface area contributed by atoms with Gasteiger partial charge in [-0.15, -0.1) is 0 Å². The number of phenolic OH excluding ortho intramolecular Hbond substituents is 1. The van der Waals surface area contributed by atoms with Crippen molar-refractivity contribution in [1.82, 2.24) is 0 Å². The molecule has 0 fully saturated rings. The molecule has 4 nitrogen and oxygen atoms in total. The Hall–Kier alpha value is -2.36. The zero-order valence-corrected chi connectivity index (χ0v) is 10.1.